The average molecular weight is 409 g/mol. The first-order valence-corrected chi connectivity index (χ1v) is 11.0. The van der Waals surface area contributed by atoms with Crippen molar-refractivity contribution in [2.45, 2.75) is 103 Å². The van der Waals surface area contributed by atoms with Gasteiger partial charge in [-0.15, -0.1) is 0 Å². The summed E-state index contributed by atoms with van der Waals surface area (Å²) in [6.45, 7) is 6.24. The first-order valence-electron chi connectivity index (χ1n) is 9.40. The molecule has 26 heavy (non-hydrogen) atoms. The van der Waals surface area contributed by atoms with Crippen LogP contribution in [0.3, 0.4) is 0 Å². The Morgan fingerprint density at radius 3 is 1.62 bits per heavy atom. The molecule has 0 rings (SSSR count). The standard InChI is InChI=1S/C17H37NO2.Na.H3O4P.H/c1-4-5-6-7-8-9-10-11-12-13-14-17(3,20)15-18-16(2)19;;1-5(2,3)4;/h16,18-20H,4-15H2,1-3H3;;(H3,1,2,3,4);. The molecule has 0 amide bonds. The monoisotopic (exact) mass is 409 g/mol. The van der Waals surface area contributed by atoms with Crippen LogP contribution in [0.4, 0.5) is 0 Å². The quantitative estimate of drug-likeness (QED) is 0.112. The van der Waals surface area contributed by atoms with Gasteiger partial charge in [-0.1, -0.05) is 71.1 Å². The zero-order valence-electron chi connectivity index (χ0n) is 16.2. The fraction of sp³-hybridized carbons (Fsp3) is 1.00. The van der Waals surface area contributed by atoms with E-state index >= 15 is 0 Å². The van der Waals surface area contributed by atoms with Crippen molar-refractivity contribution < 1.29 is 29.5 Å². The number of unbranched alkanes of at least 4 members (excludes halogenated alkanes) is 9. The molecule has 156 valence electrons. The number of hydrogen-bond acceptors (Lipinski definition) is 4. The Kier molecular flexibility index (Phi) is 23.5. The van der Waals surface area contributed by atoms with E-state index in [1.807, 2.05) is 6.92 Å². The molecule has 0 heterocycles. The van der Waals surface area contributed by atoms with E-state index in [4.69, 9.17) is 24.4 Å². The van der Waals surface area contributed by atoms with Gasteiger partial charge < -0.3 is 24.9 Å². The van der Waals surface area contributed by atoms with Crippen molar-refractivity contribution in [1.82, 2.24) is 5.32 Å². The van der Waals surface area contributed by atoms with Gasteiger partial charge in [0.1, 0.15) is 6.23 Å². The zero-order chi connectivity index (χ0) is 19.8. The normalized spacial score (nSPS) is 14.6. The van der Waals surface area contributed by atoms with Gasteiger partial charge in [0.2, 0.25) is 0 Å². The van der Waals surface area contributed by atoms with E-state index in [0.29, 0.717) is 6.54 Å². The number of phosphoric acid groups is 1. The Hall–Kier alpha value is 0.990. The molecule has 2 atom stereocenters. The van der Waals surface area contributed by atoms with Crippen molar-refractivity contribution in [3.05, 3.63) is 0 Å². The molecule has 0 spiro atoms. The Balaban J connectivity index is -0.000000772. The maximum atomic E-state index is 10.1. The van der Waals surface area contributed by atoms with Crippen LogP contribution in [-0.4, -0.2) is 72.8 Å². The van der Waals surface area contributed by atoms with Gasteiger partial charge in [-0.3, -0.25) is 5.32 Å². The molecule has 0 radical (unpaired) electrons. The minimum atomic E-state index is -4.64. The van der Waals surface area contributed by atoms with Crippen molar-refractivity contribution in [2.24, 2.45) is 0 Å². The average Bonchev–Trinajstić information content (AvgIpc) is 2.45. The number of hydrogen-bond donors (Lipinski definition) is 6. The number of aliphatic hydroxyl groups is 2. The second kappa shape index (κ2) is 19.3. The SMILES string of the molecule is CCCCCCCCCCCCC(C)(O)CNC(C)O.O=P(O)(O)O.[NaH]. The van der Waals surface area contributed by atoms with Crippen LogP contribution in [0, 0.1) is 0 Å². The number of aliphatic hydroxyl groups excluding tert-OH is 1. The zero-order valence-corrected chi connectivity index (χ0v) is 17.0. The van der Waals surface area contributed by atoms with Gasteiger partial charge in [-0.2, -0.15) is 0 Å². The fourth-order valence-corrected chi connectivity index (χ4v) is 2.45. The fourth-order valence-electron chi connectivity index (χ4n) is 2.45. The first kappa shape index (κ1) is 31.7. The molecule has 0 aliphatic carbocycles. The van der Waals surface area contributed by atoms with Gasteiger partial charge in [0.25, 0.3) is 0 Å². The van der Waals surface area contributed by atoms with Crippen molar-refractivity contribution in [3.63, 3.8) is 0 Å². The van der Waals surface area contributed by atoms with E-state index in [2.05, 4.69) is 12.2 Å². The Morgan fingerprint density at radius 1 is 0.923 bits per heavy atom. The third kappa shape index (κ3) is 36.0. The second-order valence-electron chi connectivity index (χ2n) is 7.00. The molecule has 6 N–H and O–H groups in total. The van der Waals surface area contributed by atoms with Gasteiger partial charge in [-0.25, -0.2) is 4.57 Å². The third-order valence-corrected chi connectivity index (χ3v) is 3.85. The van der Waals surface area contributed by atoms with Gasteiger partial charge in [-0.05, 0) is 20.3 Å². The summed E-state index contributed by atoms with van der Waals surface area (Å²) in [7, 11) is -4.64. The Morgan fingerprint density at radius 2 is 1.27 bits per heavy atom. The van der Waals surface area contributed by atoms with Crippen molar-refractivity contribution in [3.8, 4) is 0 Å². The van der Waals surface area contributed by atoms with Crippen LogP contribution >= 0.6 is 7.82 Å². The second-order valence-corrected chi connectivity index (χ2v) is 8.03. The van der Waals surface area contributed by atoms with Crippen LogP contribution < -0.4 is 5.32 Å². The van der Waals surface area contributed by atoms with Gasteiger partial charge in [0.05, 0.1) is 5.60 Å². The number of rotatable bonds is 14. The van der Waals surface area contributed by atoms with Crippen LogP contribution in [0.15, 0.2) is 0 Å². The Bertz CT molecular complexity index is 331. The maximum absolute atomic E-state index is 10.1. The molecule has 0 saturated heterocycles. The summed E-state index contributed by atoms with van der Waals surface area (Å²) in [6.07, 6.45) is 13.4. The van der Waals surface area contributed by atoms with E-state index in [1.165, 1.54) is 57.8 Å². The summed E-state index contributed by atoms with van der Waals surface area (Å²) >= 11 is 0. The Labute approximate surface area is 181 Å². The van der Waals surface area contributed by atoms with Crippen molar-refractivity contribution in [1.29, 1.82) is 0 Å². The van der Waals surface area contributed by atoms with Gasteiger partial charge >= 0.3 is 37.4 Å². The van der Waals surface area contributed by atoms with E-state index in [9.17, 15) is 5.11 Å². The number of nitrogens with one attached hydrogen (secondary N) is 1. The molecule has 0 bridgehead atoms. The molecular formula is C17H41NNaO6P. The first-order chi connectivity index (χ1) is 11.5. The van der Waals surface area contributed by atoms with E-state index in [0.717, 1.165) is 12.8 Å². The molecular weight excluding hydrogens is 368 g/mol. The van der Waals surface area contributed by atoms with Crippen LogP contribution in [0.25, 0.3) is 0 Å². The third-order valence-electron chi connectivity index (χ3n) is 3.85. The molecule has 9 heteroatoms. The summed E-state index contributed by atoms with van der Waals surface area (Å²) in [5.41, 5.74) is -0.697. The molecule has 0 fully saturated rings. The molecule has 0 aliphatic rings. The summed E-state index contributed by atoms with van der Waals surface area (Å²) in [5, 5.41) is 22.1. The summed E-state index contributed by atoms with van der Waals surface area (Å²) < 4.78 is 8.88. The molecule has 2 unspecified atom stereocenters. The molecule has 0 aliphatic heterocycles. The molecule has 0 aromatic heterocycles. The van der Waals surface area contributed by atoms with Gasteiger partial charge in [0, 0.05) is 6.54 Å². The van der Waals surface area contributed by atoms with Crippen molar-refractivity contribution >= 4 is 37.4 Å². The molecule has 0 aromatic rings. The summed E-state index contributed by atoms with van der Waals surface area (Å²) in [4.78, 5) is 21.6. The topological polar surface area (TPSA) is 130 Å². The minimum absolute atomic E-state index is 0. The summed E-state index contributed by atoms with van der Waals surface area (Å²) in [5.74, 6) is 0. The predicted molar refractivity (Wildman–Crippen MR) is 108 cm³/mol. The van der Waals surface area contributed by atoms with E-state index in [-0.39, 0.29) is 29.6 Å². The van der Waals surface area contributed by atoms with E-state index < -0.39 is 19.7 Å². The molecule has 7 nitrogen and oxygen atoms in total. The van der Waals surface area contributed by atoms with Crippen LogP contribution in [-0.2, 0) is 4.57 Å². The molecule has 0 aromatic carbocycles. The van der Waals surface area contributed by atoms with Gasteiger partial charge in [0.15, 0.2) is 0 Å². The predicted octanol–water partition coefficient (Wildman–Crippen LogP) is 2.40. The summed E-state index contributed by atoms with van der Waals surface area (Å²) in [6, 6.07) is 0. The molecule has 0 saturated carbocycles. The van der Waals surface area contributed by atoms with Crippen LogP contribution in [0.1, 0.15) is 91.4 Å². The van der Waals surface area contributed by atoms with Crippen molar-refractivity contribution in [2.75, 3.05) is 6.54 Å². The van der Waals surface area contributed by atoms with Crippen LogP contribution in [0.5, 0.6) is 0 Å². The van der Waals surface area contributed by atoms with E-state index in [1.54, 1.807) is 6.92 Å². The van der Waals surface area contributed by atoms with Crippen LogP contribution in [0.2, 0.25) is 0 Å².